The summed E-state index contributed by atoms with van der Waals surface area (Å²) in [7, 11) is 1.42. The second kappa shape index (κ2) is 9.01. The molecular formula is C25H29N5O5. The van der Waals surface area contributed by atoms with Gasteiger partial charge in [-0.1, -0.05) is 12.1 Å². The number of para-hydroxylation sites is 1. The minimum atomic E-state index is -0.711. The normalized spacial score (nSPS) is 13.5. The van der Waals surface area contributed by atoms with E-state index in [1.165, 1.54) is 28.4 Å². The lowest BCUT2D eigenvalue weighted by Crippen LogP contribution is -2.34. The summed E-state index contributed by atoms with van der Waals surface area (Å²) in [6.45, 7) is 7.04. The highest BCUT2D eigenvalue weighted by atomic mass is 16.6. The number of fused-ring (bicyclic) bond motifs is 1. The number of aromatic nitrogens is 3. The molecule has 0 atom stereocenters. The summed E-state index contributed by atoms with van der Waals surface area (Å²) in [5.41, 5.74) is 0.480. The Morgan fingerprint density at radius 1 is 1.17 bits per heavy atom. The van der Waals surface area contributed by atoms with Crippen LogP contribution in [0.4, 0.5) is 4.79 Å². The van der Waals surface area contributed by atoms with E-state index in [0.29, 0.717) is 22.4 Å². The molecule has 2 aromatic heterocycles. The molecule has 0 saturated heterocycles. The van der Waals surface area contributed by atoms with Crippen LogP contribution in [-0.4, -0.2) is 50.7 Å². The molecule has 1 aliphatic rings. The number of hydrogen-bond acceptors (Lipinski definition) is 6. The number of carbonyl (C=O) groups excluding carboxylic acids is 3. The predicted octanol–water partition coefficient (Wildman–Crippen LogP) is 2.59. The van der Waals surface area contributed by atoms with Crippen molar-refractivity contribution in [2.24, 2.45) is 0 Å². The molecule has 10 nitrogen and oxygen atoms in total. The lowest BCUT2D eigenvalue weighted by atomic mass is 10.1. The van der Waals surface area contributed by atoms with Crippen LogP contribution in [-0.2, 0) is 11.3 Å². The maximum atomic E-state index is 13.2. The van der Waals surface area contributed by atoms with Gasteiger partial charge >= 0.3 is 6.09 Å². The summed E-state index contributed by atoms with van der Waals surface area (Å²) >= 11 is 0. The van der Waals surface area contributed by atoms with Gasteiger partial charge in [0.1, 0.15) is 17.0 Å². The van der Waals surface area contributed by atoms with Gasteiger partial charge in [0.15, 0.2) is 0 Å². The Morgan fingerprint density at radius 3 is 2.51 bits per heavy atom. The minimum Gasteiger partial charge on any atom is -0.443 e. The maximum absolute atomic E-state index is 13.2. The monoisotopic (exact) mass is 479 g/mol. The van der Waals surface area contributed by atoms with Crippen molar-refractivity contribution >= 4 is 28.9 Å². The molecule has 1 saturated carbocycles. The van der Waals surface area contributed by atoms with E-state index in [1.54, 1.807) is 45.9 Å². The van der Waals surface area contributed by atoms with Gasteiger partial charge in [-0.2, -0.15) is 0 Å². The Morgan fingerprint density at radius 2 is 1.89 bits per heavy atom. The molecule has 4 rings (SSSR count). The average Bonchev–Trinajstić information content (AvgIpc) is 3.52. The number of ether oxygens (including phenoxy) is 1. The molecule has 2 amide bonds. The van der Waals surface area contributed by atoms with Crippen LogP contribution in [0.15, 0.2) is 35.3 Å². The third kappa shape index (κ3) is 5.11. The Balaban J connectivity index is 1.82. The van der Waals surface area contributed by atoms with Gasteiger partial charge in [0.05, 0.1) is 23.1 Å². The molecule has 3 aromatic rings. The summed E-state index contributed by atoms with van der Waals surface area (Å²) in [5, 5.41) is 5.33. The number of pyridine rings is 1. The van der Waals surface area contributed by atoms with E-state index >= 15 is 0 Å². The van der Waals surface area contributed by atoms with Crippen molar-refractivity contribution < 1.29 is 19.1 Å². The molecule has 35 heavy (non-hydrogen) atoms. The van der Waals surface area contributed by atoms with Crippen LogP contribution in [0.1, 0.15) is 65.7 Å². The highest BCUT2D eigenvalue weighted by Crippen LogP contribution is 2.23. The van der Waals surface area contributed by atoms with Crippen LogP contribution in [0, 0.1) is 6.92 Å². The van der Waals surface area contributed by atoms with Crippen molar-refractivity contribution in [1.82, 2.24) is 24.8 Å². The van der Waals surface area contributed by atoms with E-state index in [1.807, 2.05) is 0 Å². The van der Waals surface area contributed by atoms with Crippen molar-refractivity contribution in [2.45, 2.75) is 58.7 Å². The molecule has 0 radical (unpaired) electrons. The van der Waals surface area contributed by atoms with Crippen molar-refractivity contribution in [2.75, 3.05) is 7.05 Å². The Bertz CT molecular complexity index is 1390. The van der Waals surface area contributed by atoms with E-state index in [4.69, 9.17) is 4.74 Å². The van der Waals surface area contributed by atoms with Crippen molar-refractivity contribution in [3.8, 4) is 0 Å². The van der Waals surface area contributed by atoms with Gasteiger partial charge in [0, 0.05) is 19.3 Å². The molecule has 0 bridgehead atoms. The third-order valence-corrected chi connectivity index (χ3v) is 5.58. The van der Waals surface area contributed by atoms with Crippen LogP contribution in [0.2, 0.25) is 0 Å². The second-order valence-corrected chi connectivity index (χ2v) is 9.66. The van der Waals surface area contributed by atoms with Crippen molar-refractivity contribution in [3.63, 3.8) is 0 Å². The molecule has 184 valence electrons. The molecule has 0 unspecified atom stereocenters. The van der Waals surface area contributed by atoms with Crippen LogP contribution < -0.4 is 16.2 Å². The number of nitrogens with one attached hydrogen (secondary N) is 2. The standard InChI is InChI=1S/C25H29N5O5/c1-14-27-19-8-6-7-15(20(19)30(14)24(34)35-25(2,3)4)12-29-13-16(21(31)28-17-9-10-17)11-18(23(29)33)22(32)26-5/h6-8,11,13,17H,9-10,12H2,1-5H3,(H,26,32)(H,28,31). The molecule has 1 fully saturated rings. The smallest absolute Gasteiger partial charge is 0.420 e. The fraction of sp³-hybridized carbons (Fsp3) is 0.400. The Labute approximate surface area is 202 Å². The first-order valence-electron chi connectivity index (χ1n) is 11.5. The summed E-state index contributed by atoms with van der Waals surface area (Å²) in [5.74, 6) is -0.491. The molecular weight excluding hydrogens is 450 g/mol. The van der Waals surface area contributed by atoms with Gasteiger partial charge in [-0.25, -0.2) is 14.3 Å². The highest BCUT2D eigenvalue weighted by Gasteiger charge is 2.26. The average molecular weight is 480 g/mol. The largest absolute Gasteiger partial charge is 0.443 e. The van der Waals surface area contributed by atoms with Crippen LogP contribution in [0.25, 0.3) is 11.0 Å². The number of hydrogen-bond donors (Lipinski definition) is 2. The fourth-order valence-electron chi connectivity index (χ4n) is 3.83. The number of carbonyl (C=O) groups is 3. The number of benzene rings is 1. The zero-order valence-corrected chi connectivity index (χ0v) is 20.5. The SMILES string of the molecule is CNC(=O)c1cc(C(=O)NC2CC2)cn(Cc2cccc3nc(C)n(C(=O)OC(C)(C)C)c23)c1=O. The highest BCUT2D eigenvalue weighted by molar-refractivity contribution is 5.99. The fourth-order valence-corrected chi connectivity index (χ4v) is 3.83. The predicted molar refractivity (Wildman–Crippen MR) is 130 cm³/mol. The van der Waals surface area contributed by atoms with E-state index in [9.17, 15) is 19.2 Å². The zero-order chi connectivity index (χ0) is 25.5. The molecule has 2 heterocycles. The lowest BCUT2D eigenvalue weighted by Gasteiger charge is -2.20. The molecule has 0 aliphatic heterocycles. The number of nitrogens with zero attached hydrogens (tertiary/aromatic N) is 3. The Hall–Kier alpha value is -3.95. The topological polar surface area (TPSA) is 124 Å². The van der Waals surface area contributed by atoms with E-state index in [0.717, 1.165) is 12.8 Å². The van der Waals surface area contributed by atoms with Gasteiger partial charge in [-0.15, -0.1) is 0 Å². The first kappa shape index (κ1) is 24.2. The van der Waals surface area contributed by atoms with E-state index in [-0.39, 0.29) is 29.6 Å². The number of amides is 2. The number of imidazole rings is 1. The maximum Gasteiger partial charge on any atom is 0.420 e. The van der Waals surface area contributed by atoms with Gasteiger partial charge < -0.3 is 19.9 Å². The second-order valence-electron chi connectivity index (χ2n) is 9.66. The quantitative estimate of drug-likeness (QED) is 0.580. The van der Waals surface area contributed by atoms with Gasteiger partial charge in [0.2, 0.25) is 0 Å². The van der Waals surface area contributed by atoms with Crippen molar-refractivity contribution in [1.29, 1.82) is 0 Å². The first-order chi connectivity index (χ1) is 16.5. The number of rotatable bonds is 5. The minimum absolute atomic E-state index is 0.0125. The van der Waals surface area contributed by atoms with Gasteiger partial charge in [-0.05, 0) is 58.2 Å². The zero-order valence-electron chi connectivity index (χ0n) is 20.5. The summed E-state index contributed by atoms with van der Waals surface area (Å²) in [6.07, 6.45) is 2.67. The van der Waals surface area contributed by atoms with Crippen LogP contribution in [0.5, 0.6) is 0 Å². The van der Waals surface area contributed by atoms with Crippen LogP contribution >= 0.6 is 0 Å². The summed E-state index contributed by atoms with van der Waals surface area (Å²) in [4.78, 5) is 55.8. The van der Waals surface area contributed by atoms with E-state index in [2.05, 4.69) is 15.6 Å². The first-order valence-corrected chi connectivity index (χ1v) is 11.5. The van der Waals surface area contributed by atoms with Gasteiger partial charge in [0.25, 0.3) is 17.4 Å². The van der Waals surface area contributed by atoms with Crippen molar-refractivity contribution in [3.05, 3.63) is 63.3 Å². The van der Waals surface area contributed by atoms with Gasteiger partial charge in [-0.3, -0.25) is 14.4 Å². The molecule has 1 aromatic carbocycles. The summed E-state index contributed by atoms with van der Waals surface area (Å²) < 4.78 is 8.26. The summed E-state index contributed by atoms with van der Waals surface area (Å²) in [6, 6.07) is 6.74. The number of aryl methyl sites for hydroxylation is 1. The lowest BCUT2D eigenvalue weighted by molar-refractivity contribution is 0.0540. The third-order valence-electron chi connectivity index (χ3n) is 5.58. The van der Waals surface area contributed by atoms with E-state index < -0.39 is 23.2 Å². The molecule has 10 heteroatoms. The Kier molecular flexibility index (Phi) is 6.23. The molecule has 2 N–H and O–H groups in total. The van der Waals surface area contributed by atoms with Crippen LogP contribution in [0.3, 0.4) is 0 Å². The molecule has 0 spiro atoms. The molecule has 1 aliphatic carbocycles.